The lowest BCUT2D eigenvalue weighted by atomic mass is 9.77. The molecule has 18 heavy (non-hydrogen) atoms. The number of rotatable bonds is 2. The Hall–Kier alpha value is -1.83. The van der Waals surface area contributed by atoms with E-state index in [4.69, 9.17) is 5.73 Å². The molecule has 2 heteroatoms. The van der Waals surface area contributed by atoms with Gasteiger partial charge in [0, 0.05) is 11.8 Å². The lowest BCUT2D eigenvalue weighted by molar-refractivity contribution is 0.420. The van der Waals surface area contributed by atoms with Crippen molar-refractivity contribution in [3.05, 3.63) is 47.7 Å². The molecule has 92 valence electrons. The summed E-state index contributed by atoms with van der Waals surface area (Å²) in [4.78, 5) is 4.24. The Labute approximate surface area is 108 Å². The molecule has 1 saturated carbocycles. The molecule has 1 aromatic heterocycles. The van der Waals surface area contributed by atoms with Crippen molar-refractivity contribution >= 4 is 5.82 Å². The lowest BCUT2D eigenvalue weighted by Gasteiger charge is -2.28. The van der Waals surface area contributed by atoms with Crippen LogP contribution in [-0.2, 0) is 0 Å². The van der Waals surface area contributed by atoms with Gasteiger partial charge in [-0.15, -0.1) is 0 Å². The summed E-state index contributed by atoms with van der Waals surface area (Å²) in [7, 11) is 0. The third kappa shape index (κ3) is 1.78. The van der Waals surface area contributed by atoms with E-state index in [1.165, 1.54) is 36.0 Å². The maximum Gasteiger partial charge on any atom is 0.131 e. The quantitative estimate of drug-likeness (QED) is 0.861. The van der Waals surface area contributed by atoms with E-state index in [1.54, 1.807) is 6.20 Å². The van der Waals surface area contributed by atoms with Gasteiger partial charge < -0.3 is 5.73 Å². The standard InChI is InChI=1S/C16H18N2/c1-11-9-10-18-16(17)15(11)14-8-3-2-7-13(14)12-5-4-6-12/h2-3,7-10,12H,4-6H2,1H3,(H2,17,18). The number of nitrogens with zero attached hydrogens (tertiary/aromatic N) is 1. The zero-order valence-electron chi connectivity index (χ0n) is 10.7. The minimum atomic E-state index is 0.641. The van der Waals surface area contributed by atoms with E-state index in [-0.39, 0.29) is 0 Å². The summed E-state index contributed by atoms with van der Waals surface area (Å²) < 4.78 is 0. The fourth-order valence-corrected chi connectivity index (χ4v) is 2.73. The van der Waals surface area contributed by atoms with Crippen molar-refractivity contribution in [2.45, 2.75) is 32.1 Å². The van der Waals surface area contributed by atoms with Crippen LogP contribution in [0, 0.1) is 6.92 Å². The van der Waals surface area contributed by atoms with Crippen molar-refractivity contribution in [3.63, 3.8) is 0 Å². The van der Waals surface area contributed by atoms with Gasteiger partial charge in [0.1, 0.15) is 5.82 Å². The average Bonchev–Trinajstić information content (AvgIpc) is 2.28. The number of hydrogen-bond donors (Lipinski definition) is 1. The number of pyridine rings is 1. The third-order valence-corrected chi connectivity index (χ3v) is 3.96. The van der Waals surface area contributed by atoms with Crippen molar-refractivity contribution in [1.29, 1.82) is 0 Å². The highest BCUT2D eigenvalue weighted by molar-refractivity contribution is 5.79. The van der Waals surface area contributed by atoms with Crippen molar-refractivity contribution in [3.8, 4) is 11.1 Å². The molecule has 1 aliphatic carbocycles. The van der Waals surface area contributed by atoms with E-state index >= 15 is 0 Å². The Bertz CT molecular complexity index is 551. The molecular weight excluding hydrogens is 220 g/mol. The fourth-order valence-electron chi connectivity index (χ4n) is 2.73. The van der Waals surface area contributed by atoms with Gasteiger partial charge in [0.05, 0.1) is 0 Å². The van der Waals surface area contributed by atoms with Gasteiger partial charge in [-0.05, 0) is 48.4 Å². The molecule has 0 saturated heterocycles. The van der Waals surface area contributed by atoms with Crippen LogP contribution in [0.15, 0.2) is 36.5 Å². The average molecular weight is 238 g/mol. The van der Waals surface area contributed by atoms with Gasteiger partial charge in [0.15, 0.2) is 0 Å². The van der Waals surface area contributed by atoms with E-state index in [9.17, 15) is 0 Å². The van der Waals surface area contributed by atoms with Crippen molar-refractivity contribution in [1.82, 2.24) is 4.98 Å². The van der Waals surface area contributed by atoms with Crippen LogP contribution in [0.3, 0.4) is 0 Å². The van der Waals surface area contributed by atoms with Gasteiger partial charge in [-0.3, -0.25) is 0 Å². The molecule has 1 fully saturated rings. The van der Waals surface area contributed by atoms with Gasteiger partial charge in [0.25, 0.3) is 0 Å². The molecule has 0 aliphatic heterocycles. The highest BCUT2D eigenvalue weighted by atomic mass is 14.8. The Morgan fingerprint density at radius 1 is 1.17 bits per heavy atom. The highest BCUT2D eigenvalue weighted by Crippen LogP contribution is 2.42. The first-order chi connectivity index (χ1) is 8.77. The molecule has 2 N–H and O–H groups in total. The van der Waals surface area contributed by atoms with Crippen LogP contribution in [0.2, 0.25) is 0 Å². The summed E-state index contributed by atoms with van der Waals surface area (Å²) >= 11 is 0. The van der Waals surface area contributed by atoms with E-state index < -0.39 is 0 Å². The third-order valence-electron chi connectivity index (χ3n) is 3.96. The Morgan fingerprint density at radius 2 is 1.94 bits per heavy atom. The van der Waals surface area contributed by atoms with Crippen LogP contribution in [0.4, 0.5) is 5.82 Å². The molecule has 3 rings (SSSR count). The number of aryl methyl sites for hydroxylation is 1. The molecule has 0 radical (unpaired) electrons. The lowest BCUT2D eigenvalue weighted by Crippen LogP contribution is -2.10. The van der Waals surface area contributed by atoms with Crippen LogP contribution in [0.25, 0.3) is 11.1 Å². The first kappa shape index (κ1) is 11.3. The zero-order valence-corrected chi connectivity index (χ0v) is 10.7. The predicted octanol–water partition coefficient (Wildman–Crippen LogP) is 3.91. The maximum absolute atomic E-state index is 6.07. The molecule has 0 spiro atoms. The largest absolute Gasteiger partial charge is 0.383 e. The molecule has 0 amide bonds. The van der Waals surface area contributed by atoms with Crippen LogP contribution in [0.5, 0.6) is 0 Å². The first-order valence-electron chi connectivity index (χ1n) is 6.58. The van der Waals surface area contributed by atoms with E-state index in [2.05, 4.69) is 36.2 Å². The van der Waals surface area contributed by atoms with Crippen LogP contribution in [-0.4, -0.2) is 4.98 Å². The van der Waals surface area contributed by atoms with E-state index in [0.717, 1.165) is 5.56 Å². The van der Waals surface area contributed by atoms with E-state index in [0.29, 0.717) is 11.7 Å². The fraction of sp³-hybridized carbons (Fsp3) is 0.312. The molecule has 0 bridgehead atoms. The highest BCUT2D eigenvalue weighted by Gasteiger charge is 2.23. The minimum Gasteiger partial charge on any atom is -0.383 e. The molecule has 1 aliphatic rings. The number of nitrogens with two attached hydrogens (primary N) is 1. The molecule has 0 atom stereocenters. The maximum atomic E-state index is 6.07. The second kappa shape index (κ2) is 4.45. The van der Waals surface area contributed by atoms with Gasteiger partial charge in [-0.2, -0.15) is 0 Å². The Balaban J connectivity index is 2.16. The summed E-state index contributed by atoms with van der Waals surface area (Å²) in [5, 5.41) is 0. The molecule has 1 heterocycles. The smallest absolute Gasteiger partial charge is 0.131 e. The van der Waals surface area contributed by atoms with Crippen LogP contribution in [0.1, 0.15) is 36.3 Å². The first-order valence-corrected chi connectivity index (χ1v) is 6.58. The summed E-state index contributed by atoms with van der Waals surface area (Å²) in [5.74, 6) is 1.35. The Kier molecular flexibility index (Phi) is 2.78. The van der Waals surface area contributed by atoms with Gasteiger partial charge in [-0.1, -0.05) is 30.7 Å². The number of benzene rings is 1. The van der Waals surface area contributed by atoms with Crippen LogP contribution >= 0.6 is 0 Å². The van der Waals surface area contributed by atoms with Crippen molar-refractivity contribution in [2.24, 2.45) is 0 Å². The van der Waals surface area contributed by atoms with E-state index in [1.807, 2.05) is 6.07 Å². The SMILES string of the molecule is Cc1ccnc(N)c1-c1ccccc1C1CCC1. The van der Waals surface area contributed by atoms with Crippen LogP contribution < -0.4 is 5.73 Å². The predicted molar refractivity (Wildman–Crippen MR) is 75.4 cm³/mol. The summed E-state index contributed by atoms with van der Waals surface area (Å²) in [6.45, 7) is 2.10. The molecule has 1 aromatic carbocycles. The topological polar surface area (TPSA) is 38.9 Å². The van der Waals surface area contributed by atoms with Gasteiger partial charge >= 0.3 is 0 Å². The van der Waals surface area contributed by atoms with Crippen molar-refractivity contribution < 1.29 is 0 Å². The molecule has 2 nitrogen and oxygen atoms in total. The van der Waals surface area contributed by atoms with Gasteiger partial charge in [-0.25, -0.2) is 4.98 Å². The zero-order chi connectivity index (χ0) is 12.5. The monoisotopic (exact) mass is 238 g/mol. The molecule has 2 aromatic rings. The second-order valence-corrected chi connectivity index (χ2v) is 5.10. The number of hydrogen-bond acceptors (Lipinski definition) is 2. The summed E-state index contributed by atoms with van der Waals surface area (Å²) in [6.07, 6.45) is 5.73. The molecule has 0 unspecified atom stereocenters. The summed E-state index contributed by atoms with van der Waals surface area (Å²) in [6, 6.07) is 10.7. The number of anilines is 1. The van der Waals surface area contributed by atoms with Crippen molar-refractivity contribution in [2.75, 3.05) is 5.73 Å². The normalized spacial score (nSPS) is 15.4. The number of aromatic nitrogens is 1. The second-order valence-electron chi connectivity index (χ2n) is 5.10. The number of nitrogen functional groups attached to an aromatic ring is 1. The Morgan fingerprint density at radius 3 is 2.61 bits per heavy atom. The molecular formula is C16H18N2. The minimum absolute atomic E-state index is 0.641. The summed E-state index contributed by atoms with van der Waals surface area (Å²) in [5.41, 5.74) is 11.1. The van der Waals surface area contributed by atoms with Gasteiger partial charge in [0.2, 0.25) is 0 Å².